The van der Waals surface area contributed by atoms with Crippen LogP contribution in [0.15, 0.2) is 17.1 Å². The molecule has 0 radical (unpaired) electrons. The molecule has 0 saturated carbocycles. The zero-order valence-corrected chi connectivity index (χ0v) is 9.48. The maximum absolute atomic E-state index is 13.1. The van der Waals surface area contributed by atoms with Crippen LogP contribution in [0.25, 0.3) is 0 Å². The Morgan fingerprint density at radius 1 is 1.35 bits per heavy atom. The van der Waals surface area contributed by atoms with Crippen molar-refractivity contribution in [3.63, 3.8) is 0 Å². The Kier molecular flexibility index (Phi) is 4.20. The summed E-state index contributed by atoms with van der Waals surface area (Å²) in [5, 5.41) is 0. The third kappa shape index (κ3) is 3.80. The van der Waals surface area contributed by atoms with E-state index in [-0.39, 0.29) is 17.8 Å². The molecule has 0 aliphatic carbocycles. The number of aryl methyl sites for hydroxylation is 1. The fourth-order valence-electron chi connectivity index (χ4n) is 1.22. The normalized spacial score (nSPS) is 12.9. The van der Waals surface area contributed by atoms with Crippen LogP contribution in [0.4, 0.5) is 23.2 Å². The molecule has 0 fully saturated rings. The molecule has 0 aliphatic heterocycles. The number of rotatable bonds is 3. The monoisotopic (exact) mass is 248 g/mol. The Labute approximate surface area is 96.4 Å². The van der Waals surface area contributed by atoms with E-state index in [0.29, 0.717) is 6.42 Å². The van der Waals surface area contributed by atoms with Crippen LogP contribution in [0.2, 0.25) is 0 Å². The van der Waals surface area contributed by atoms with E-state index in [4.69, 9.17) is 0 Å². The molecule has 1 aromatic rings. The molecule has 6 heteroatoms. The van der Waals surface area contributed by atoms with E-state index in [1.807, 2.05) is 0 Å². The lowest BCUT2D eigenvalue weighted by molar-refractivity contribution is -0.141. The van der Waals surface area contributed by atoms with Gasteiger partial charge in [0.15, 0.2) is 5.97 Å². The average Bonchev–Trinajstić information content (AvgIpc) is 2.20. The van der Waals surface area contributed by atoms with Crippen LogP contribution < -0.4 is 0 Å². The Hall–Kier alpha value is -1.46. The smallest absolute Gasteiger partial charge is 0.246 e. The maximum Gasteiger partial charge on any atom is 0.433 e. The van der Waals surface area contributed by atoms with Crippen molar-refractivity contribution in [2.24, 2.45) is 4.99 Å². The fraction of sp³-hybridized carbons (Fsp3) is 0.455. The van der Waals surface area contributed by atoms with E-state index in [1.54, 1.807) is 6.92 Å². The Morgan fingerprint density at radius 2 is 2.00 bits per heavy atom. The van der Waals surface area contributed by atoms with Crippen LogP contribution in [-0.4, -0.2) is 10.9 Å². The minimum atomic E-state index is -4.49. The van der Waals surface area contributed by atoms with Gasteiger partial charge in [-0.05, 0) is 25.5 Å². The summed E-state index contributed by atoms with van der Waals surface area (Å²) in [4.78, 5) is 6.95. The first-order chi connectivity index (χ1) is 7.84. The standard InChI is InChI=1S/C11H12F4N2/c1-3-4-10(12)17-8-5-6-9(11(13,14)15)16-7(8)2/h5-6H,3-4H2,1-2H3. The lowest BCUT2D eigenvalue weighted by Gasteiger charge is -2.07. The van der Waals surface area contributed by atoms with Crippen molar-refractivity contribution < 1.29 is 17.6 Å². The molecular weight excluding hydrogens is 236 g/mol. The summed E-state index contributed by atoms with van der Waals surface area (Å²) < 4.78 is 50.0. The van der Waals surface area contributed by atoms with E-state index in [2.05, 4.69) is 9.98 Å². The Bertz CT molecular complexity index is 424. The number of aliphatic imine (C=N–C) groups is 1. The average molecular weight is 248 g/mol. The van der Waals surface area contributed by atoms with Crippen LogP contribution in [0.1, 0.15) is 31.2 Å². The lowest BCUT2D eigenvalue weighted by atomic mass is 10.2. The number of nitrogens with zero attached hydrogens (tertiary/aromatic N) is 2. The first-order valence-electron chi connectivity index (χ1n) is 5.12. The predicted molar refractivity (Wildman–Crippen MR) is 57.1 cm³/mol. The van der Waals surface area contributed by atoms with Gasteiger partial charge in [0.05, 0.1) is 11.4 Å². The summed E-state index contributed by atoms with van der Waals surface area (Å²) in [5.41, 5.74) is -0.806. The van der Waals surface area contributed by atoms with Crippen molar-refractivity contribution in [1.82, 2.24) is 4.98 Å². The molecular formula is C11H12F4N2. The van der Waals surface area contributed by atoms with Gasteiger partial charge in [-0.25, -0.2) is 9.98 Å². The third-order valence-electron chi connectivity index (χ3n) is 2.05. The van der Waals surface area contributed by atoms with Crippen LogP contribution in [0, 0.1) is 6.92 Å². The molecule has 0 saturated heterocycles. The third-order valence-corrected chi connectivity index (χ3v) is 2.05. The Balaban J connectivity index is 3.02. The van der Waals surface area contributed by atoms with Gasteiger partial charge in [0.1, 0.15) is 5.69 Å². The Morgan fingerprint density at radius 3 is 2.47 bits per heavy atom. The van der Waals surface area contributed by atoms with Crippen LogP contribution >= 0.6 is 0 Å². The molecule has 1 rings (SSSR count). The number of alkyl halides is 3. The largest absolute Gasteiger partial charge is 0.433 e. The lowest BCUT2D eigenvalue weighted by Crippen LogP contribution is -2.08. The molecule has 0 atom stereocenters. The molecule has 0 spiro atoms. The molecule has 0 unspecified atom stereocenters. The van der Waals surface area contributed by atoms with E-state index in [9.17, 15) is 17.6 Å². The van der Waals surface area contributed by atoms with Gasteiger partial charge in [-0.3, -0.25) is 0 Å². The SMILES string of the molecule is CCCC(F)=Nc1ccc(C(F)(F)F)nc1C. The number of hydrogen-bond donors (Lipinski definition) is 0. The molecule has 17 heavy (non-hydrogen) atoms. The van der Waals surface area contributed by atoms with Crippen LogP contribution in [0.5, 0.6) is 0 Å². The molecule has 2 nitrogen and oxygen atoms in total. The molecule has 1 heterocycles. The molecule has 0 N–H and O–H groups in total. The fourth-order valence-corrected chi connectivity index (χ4v) is 1.22. The summed E-state index contributed by atoms with van der Waals surface area (Å²) in [6.45, 7) is 3.15. The first kappa shape index (κ1) is 13.6. The topological polar surface area (TPSA) is 25.2 Å². The zero-order valence-electron chi connectivity index (χ0n) is 9.48. The van der Waals surface area contributed by atoms with Gasteiger partial charge >= 0.3 is 6.18 Å². The maximum atomic E-state index is 13.1. The van der Waals surface area contributed by atoms with E-state index in [1.165, 1.54) is 6.92 Å². The van der Waals surface area contributed by atoms with Crippen molar-refractivity contribution in [2.45, 2.75) is 32.9 Å². The van der Waals surface area contributed by atoms with Crippen molar-refractivity contribution in [2.75, 3.05) is 0 Å². The van der Waals surface area contributed by atoms with Gasteiger partial charge in [-0.2, -0.15) is 17.6 Å². The highest BCUT2D eigenvalue weighted by atomic mass is 19.4. The number of pyridine rings is 1. The minimum absolute atomic E-state index is 0.0612. The molecule has 0 aliphatic rings. The van der Waals surface area contributed by atoms with Crippen molar-refractivity contribution in [1.29, 1.82) is 0 Å². The number of aromatic nitrogens is 1. The van der Waals surface area contributed by atoms with E-state index >= 15 is 0 Å². The summed E-state index contributed by atoms with van der Waals surface area (Å²) in [5.74, 6) is -0.600. The van der Waals surface area contributed by atoms with Gasteiger partial charge in [-0.15, -0.1) is 0 Å². The predicted octanol–water partition coefficient (Wildman–Crippen LogP) is 4.21. The highest BCUT2D eigenvalue weighted by Gasteiger charge is 2.32. The van der Waals surface area contributed by atoms with Gasteiger partial charge in [0, 0.05) is 6.42 Å². The van der Waals surface area contributed by atoms with Crippen molar-refractivity contribution in [3.8, 4) is 0 Å². The summed E-state index contributed by atoms with van der Waals surface area (Å²) in [6, 6.07) is 1.92. The minimum Gasteiger partial charge on any atom is -0.246 e. The second kappa shape index (κ2) is 5.25. The van der Waals surface area contributed by atoms with Crippen LogP contribution in [-0.2, 0) is 6.18 Å². The molecule has 0 bridgehead atoms. The molecule has 94 valence electrons. The van der Waals surface area contributed by atoms with E-state index in [0.717, 1.165) is 12.1 Å². The highest BCUT2D eigenvalue weighted by Crippen LogP contribution is 2.30. The van der Waals surface area contributed by atoms with Gasteiger partial charge in [0.25, 0.3) is 0 Å². The molecule has 1 aromatic heterocycles. The quantitative estimate of drug-likeness (QED) is 0.581. The zero-order chi connectivity index (χ0) is 13.1. The van der Waals surface area contributed by atoms with Crippen LogP contribution in [0.3, 0.4) is 0 Å². The summed E-state index contributed by atoms with van der Waals surface area (Å²) in [7, 11) is 0. The van der Waals surface area contributed by atoms with Gasteiger partial charge in [0.2, 0.25) is 0 Å². The summed E-state index contributed by atoms with van der Waals surface area (Å²) >= 11 is 0. The van der Waals surface area contributed by atoms with E-state index < -0.39 is 17.8 Å². The van der Waals surface area contributed by atoms with Crippen molar-refractivity contribution >= 4 is 11.7 Å². The van der Waals surface area contributed by atoms with Gasteiger partial charge < -0.3 is 0 Å². The number of hydrogen-bond acceptors (Lipinski definition) is 2. The van der Waals surface area contributed by atoms with Gasteiger partial charge in [-0.1, -0.05) is 6.92 Å². The highest BCUT2D eigenvalue weighted by molar-refractivity contribution is 5.78. The molecule has 0 aromatic carbocycles. The first-order valence-corrected chi connectivity index (χ1v) is 5.12. The summed E-state index contributed by atoms with van der Waals surface area (Å²) in [6.07, 6.45) is -3.74. The number of halogens is 4. The second-order valence-corrected chi connectivity index (χ2v) is 3.54. The second-order valence-electron chi connectivity index (χ2n) is 3.54. The van der Waals surface area contributed by atoms with Crippen molar-refractivity contribution in [3.05, 3.63) is 23.5 Å². The molecule has 0 amide bonds.